The zero-order valence-corrected chi connectivity index (χ0v) is 13.3. The van der Waals surface area contributed by atoms with Gasteiger partial charge >= 0.3 is 0 Å². The van der Waals surface area contributed by atoms with Gasteiger partial charge in [-0.05, 0) is 38.3 Å². The summed E-state index contributed by atoms with van der Waals surface area (Å²) in [5.41, 5.74) is 0.0371. The fourth-order valence-electron chi connectivity index (χ4n) is 3.42. The van der Waals surface area contributed by atoms with Gasteiger partial charge in [0.05, 0.1) is 11.9 Å². The van der Waals surface area contributed by atoms with Crippen molar-refractivity contribution < 1.29 is 13.2 Å². The van der Waals surface area contributed by atoms with E-state index in [9.17, 15) is 8.42 Å². The zero-order chi connectivity index (χ0) is 14.1. The first-order valence-electron chi connectivity index (χ1n) is 7.07. The summed E-state index contributed by atoms with van der Waals surface area (Å²) < 4.78 is 28.3. The Hall–Kier alpha value is 0.160. The maximum atomic E-state index is 11.3. The highest BCUT2D eigenvalue weighted by Crippen LogP contribution is 2.44. The molecule has 0 radical (unpaired) electrons. The number of rotatable bonds is 4. The third-order valence-corrected chi connectivity index (χ3v) is 5.51. The average Bonchev–Trinajstić information content (AvgIpc) is 2.62. The fraction of sp³-hybridized carbons (Fsp3) is 1.00. The smallest absolute Gasteiger partial charge is 0.235 e. The lowest BCUT2D eigenvalue weighted by atomic mass is 9.73. The first-order valence-corrected chi connectivity index (χ1v) is 9.55. The molecule has 0 aromatic rings. The van der Waals surface area contributed by atoms with Gasteiger partial charge < -0.3 is 9.64 Å². The van der Waals surface area contributed by atoms with Gasteiger partial charge in [-0.1, -0.05) is 13.8 Å². The van der Waals surface area contributed by atoms with Gasteiger partial charge in [-0.2, -0.15) is 0 Å². The minimum atomic E-state index is -3.48. The van der Waals surface area contributed by atoms with E-state index in [0.29, 0.717) is 12.5 Å². The summed E-state index contributed by atoms with van der Waals surface area (Å²) in [6, 6.07) is 0. The third kappa shape index (κ3) is 4.06. The number of piperidine rings is 1. The van der Waals surface area contributed by atoms with E-state index in [1.807, 2.05) is 0 Å². The van der Waals surface area contributed by atoms with Gasteiger partial charge in [0.25, 0.3) is 0 Å². The average molecular weight is 310 g/mol. The highest BCUT2D eigenvalue weighted by molar-refractivity contribution is 8.13. The number of hydrogen-bond acceptors (Lipinski definition) is 4. The Labute approximate surface area is 120 Å². The molecule has 0 aliphatic carbocycles. The Morgan fingerprint density at radius 2 is 1.95 bits per heavy atom. The Bertz CT molecular complexity index is 402. The predicted molar refractivity (Wildman–Crippen MR) is 76.9 cm³/mol. The van der Waals surface area contributed by atoms with Crippen molar-refractivity contribution in [3.8, 4) is 0 Å². The number of nitrogens with zero attached hydrogens (tertiary/aromatic N) is 1. The van der Waals surface area contributed by atoms with Crippen LogP contribution in [0.3, 0.4) is 0 Å². The number of hydrogen-bond donors (Lipinski definition) is 0. The molecule has 6 heteroatoms. The van der Waals surface area contributed by atoms with Crippen molar-refractivity contribution in [2.75, 3.05) is 32.0 Å². The van der Waals surface area contributed by atoms with E-state index in [2.05, 4.69) is 18.7 Å². The van der Waals surface area contributed by atoms with Crippen LogP contribution in [0.15, 0.2) is 0 Å². The summed E-state index contributed by atoms with van der Waals surface area (Å²) in [5, 5.41) is 0. The second-order valence-electron chi connectivity index (χ2n) is 6.37. The predicted octanol–water partition coefficient (Wildman–Crippen LogP) is 2.08. The lowest BCUT2D eigenvalue weighted by Crippen LogP contribution is -2.46. The molecule has 0 saturated carbocycles. The van der Waals surface area contributed by atoms with Crippen molar-refractivity contribution in [3.63, 3.8) is 0 Å². The first kappa shape index (κ1) is 15.5. The van der Waals surface area contributed by atoms with Crippen molar-refractivity contribution in [1.82, 2.24) is 4.90 Å². The van der Waals surface area contributed by atoms with Crippen LogP contribution in [0.5, 0.6) is 0 Å². The molecule has 2 heterocycles. The van der Waals surface area contributed by atoms with E-state index in [-0.39, 0.29) is 17.3 Å². The van der Waals surface area contributed by atoms with Crippen molar-refractivity contribution in [1.29, 1.82) is 0 Å². The second kappa shape index (κ2) is 5.88. The second-order valence-corrected chi connectivity index (χ2v) is 9.19. The molecule has 1 atom stereocenters. The maximum Gasteiger partial charge on any atom is 0.235 e. The molecule has 0 aromatic carbocycles. The molecule has 0 aromatic heterocycles. The van der Waals surface area contributed by atoms with Crippen molar-refractivity contribution in [2.24, 2.45) is 11.3 Å². The van der Waals surface area contributed by atoms with Crippen LogP contribution < -0.4 is 0 Å². The lowest BCUT2D eigenvalue weighted by molar-refractivity contribution is 0.0202. The topological polar surface area (TPSA) is 46.6 Å². The fourth-order valence-corrected chi connectivity index (χ4v) is 4.57. The molecule has 1 unspecified atom stereocenters. The van der Waals surface area contributed by atoms with E-state index in [1.54, 1.807) is 0 Å². The molecule has 19 heavy (non-hydrogen) atoms. The van der Waals surface area contributed by atoms with Crippen molar-refractivity contribution >= 4 is 19.7 Å². The first-order chi connectivity index (χ1) is 8.81. The molecule has 2 aliphatic rings. The summed E-state index contributed by atoms with van der Waals surface area (Å²) in [6.45, 7) is 8.33. The highest BCUT2D eigenvalue weighted by atomic mass is 35.7. The molecule has 2 saturated heterocycles. The number of likely N-dealkylation sites (tertiary alicyclic amines) is 1. The van der Waals surface area contributed by atoms with Gasteiger partial charge in [0.1, 0.15) is 0 Å². The van der Waals surface area contributed by atoms with E-state index in [0.717, 1.165) is 38.9 Å². The highest BCUT2D eigenvalue weighted by Gasteiger charge is 2.47. The summed E-state index contributed by atoms with van der Waals surface area (Å²) in [4.78, 5) is 2.47. The zero-order valence-electron chi connectivity index (χ0n) is 11.8. The summed E-state index contributed by atoms with van der Waals surface area (Å²) in [5.74, 6) is 0.631. The SMILES string of the molecule is CC(C)CN1CCC2(CCOC2CS(=O)(=O)Cl)CC1. The van der Waals surface area contributed by atoms with Crippen LogP contribution in [-0.4, -0.2) is 51.4 Å². The number of halogens is 1. The molecular formula is C13H24ClNO3S. The van der Waals surface area contributed by atoms with E-state index >= 15 is 0 Å². The van der Waals surface area contributed by atoms with Crippen LogP contribution in [0.2, 0.25) is 0 Å². The van der Waals surface area contributed by atoms with Crippen LogP contribution in [0, 0.1) is 11.3 Å². The normalized spacial score (nSPS) is 28.3. The minimum Gasteiger partial charge on any atom is -0.377 e. The van der Waals surface area contributed by atoms with Gasteiger partial charge in [-0.25, -0.2) is 8.42 Å². The van der Waals surface area contributed by atoms with Gasteiger partial charge in [0, 0.05) is 29.2 Å². The molecule has 0 bridgehead atoms. The third-order valence-electron chi connectivity index (χ3n) is 4.43. The quantitative estimate of drug-likeness (QED) is 0.746. The molecule has 2 fully saturated rings. The van der Waals surface area contributed by atoms with Crippen molar-refractivity contribution in [3.05, 3.63) is 0 Å². The lowest BCUT2D eigenvalue weighted by Gasteiger charge is -2.42. The molecule has 2 rings (SSSR count). The Morgan fingerprint density at radius 3 is 2.47 bits per heavy atom. The van der Waals surface area contributed by atoms with E-state index in [4.69, 9.17) is 15.4 Å². The molecular weight excluding hydrogens is 286 g/mol. The summed E-state index contributed by atoms with van der Waals surface area (Å²) in [6.07, 6.45) is 2.81. The van der Waals surface area contributed by atoms with Crippen LogP contribution >= 0.6 is 10.7 Å². The molecule has 1 spiro atoms. The summed E-state index contributed by atoms with van der Waals surface area (Å²) >= 11 is 0. The Balaban J connectivity index is 1.96. The summed E-state index contributed by atoms with van der Waals surface area (Å²) in [7, 11) is 1.91. The molecule has 0 N–H and O–H groups in total. The molecule has 4 nitrogen and oxygen atoms in total. The minimum absolute atomic E-state index is 0.0371. The van der Waals surface area contributed by atoms with Crippen LogP contribution in [0.4, 0.5) is 0 Å². The van der Waals surface area contributed by atoms with Crippen molar-refractivity contribution in [2.45, 2.75) is 39.2 Å². The van der Waals surface area contributed by atoms with Crippen LogP contribution in [0.1, 0.15) is 33.1 Å². The Morgan fingerprint density at radius 1 is 1.32 bits per heavy atom. The van der Waals surface area contributed by atoms with Gasteiger partial charge in [0.15, 0.2) is 0 Å². The molecule has 112 valence electrons. The molecule has 0 amide bonds. The number of ether oxygens (including phenoxy) is 1. The van der Waals surface area contributed by atoms with Crippen LogP contribution in [-0.2, 0) is 13.8 Å². The van der Waals surface area contributed by atoms with Gasteiger partial charge in [-0.3, -0.25) is 0 Å². The Kier molecular flexibility index (Phi) is 4.81. The van der Waals surface area contributed by atoms with E-state index in [1.165, 1.54) is 0 Å². The van der Waals surface area contributed by atoms with Crippen LogP contribution in [0.25, 0.3) is 0 Å². The standard InChI is InChI=1S/C13H24ClNO3S/c1-11(2)9-15-6-3-13(4-7-15)5-8-18-12(13)10-19(14,16)17/h11-12H,3-10H2,1-2H3. The van der Waals surface area contributed by atoms with Gasteiger partial charge in [-0.15, -0.1) is 0 Å². The van der Waals surface area contributed by atoms with Gasteiger partial charge in [0.2, 0.25) is 9.05 Å². The monoisotopic (exact) mass is 309 g/mol. The van der Waals surface area contributed by atoms with E-state index < -0.39 is 9.05 Å². The maximum absolute atomic E-state index is 11.3. The largest absolute Gasteiger partial charge is 0.377 e. The molecule has 2 aliphatic heterocycles.